The Morgan fingerprint density at radius 1 is 0.750 bits per heavy atom. The third-order valence-electron chi connectivity index (χ3n) is 4.09. The van der Waals surface area contributed by atoms with E-state index < -0.39 is 17.5 Å². The van der Waals surface area contributed by atoms with Gasteiger partial charge in [-0.2, -0.15) is 0 Å². The molecule has 0 N–H and O–H groups in total. The first-order chi connectivity index (χ1) is 11.6. The molecule has 0 radical (unpaired) electrons. The molecule has 120 valence electrons. The highest BCUT2D eigenvalue weighted by atomic mass is 19.2. The van der Waals surface area contributed by atoms with Gasteiger partial charge >= 0.3 is 0 Å². The van der Waals surface area contributed by atoms with E-state index in [1.807, 2.05) is 0 Å². The van der Waals surface area contributed by atoms with Gasteiger partial charge < -0.3 is 0 Å². The van der Waals surface area contributed by atoms with Crippen LogP contribution in [0.2, 0.25) is 0 Å². The van der Waals surface area contributed by atoms with Gasteiger partial charge in [-0.1, -0.05) is 0 Å². The molecule has 2 unspecified atom stereocenters. The van der Waals surface area contributed by atoms with Crippen LogP contribution in [0.15, 0.2) is 43.0 Å². The van der Waals surface area contributed by atoms with Gasteiger partial charge in [0.05, 0.1) is 0 Å². The standard InChI is InChI=1S/C17H11F3N4/c18-13-4-9(5-14(19)15(13)20)11-6-12(11)10-7-23-17(24-8-10)16-21-2-1-3-22-16/h1-5,7-8,11-12H,6H2. The Bertz CT molecular complexity index is 861. The van der Waals surface area contributed by atoms with Gasteiger partial charge in [-0.15, -0.1) is 0 Å². The van der Waals surface area contributed by atoms with Gasteiger partial charge in [-0.25, -0.2) is 33.1 Å². The Labute approximate surface area is 135 Å². The second kappa shape index (κ2) is 5.67. The molecule has 1 fully saturated rings. The zero-order chi connectivity index (χ0) is 16.7. The van der Waals surface area contributed by atoms with E-state index in [-0.39, 0.29) is 11.8 Å². The van der Waals surface area contributed by atoms with Crippen molar-refractivity contribution >= 4 is 0 Å². The Hall–Kier alpha value is -2.83. The first kappa shape index (κ1) is 14.7. The molecule has 0 spiro atoms. The third-order valence-corrected chi connectivity index (χ3v) is 4.09. The number of benzene rings is 1. The first-order valence-electron chi connectivity index (χ1n) is 7.37. The minimum atomic E-state index is -1.44. The molecule has 4 nitrogen and oxygen atoms in total. The highest BCUT2D eigenvalue weighted by Gasteiger charge is 2.40. The van der Waals surface area contributed by atoms with Crippen molar-refractivity contribution in [2.45, 2.75) is 18.3 Å². The second-order valence-electron chi connectivity index (χ2n) is 5.66. The fourth-order valence-corrected chi connectivity index (χ4v) is 2.78. The highest BCUT2D eigenvalue weighted by molar-refractivity contribution is 5.43. The lowest BCUT2D eigenvalue weighted by Gasteiger charge is -2.04. The normalized spacial score (nSPS) is 19.3. The van der Waals surface area contributed by atoms with E-state index in [1.165, 1.54) is 0 Å². The van der Waals surface area contributed by atoms with Crippen molar-refractivity contribution in [2.75, 3.05) is 0 Å². The smallest absolute Gasteiger partial charge is 0.197 e. The van der Waals surface area contributed by atoms with Crippen LogP contribution in [0.25, 0.3) is 11.6 Å². The van der Waals surface area contributed by atoms with Crippen molar-refractivity contribution in [1.82, 2.24) is 19.9 Å². The summed E-state index contributed by atoms with van der Waals surface area (Å²) in [5, 5.41) is 0. The van der Waals surface area contributed by atoms with Gasteiger partial charge in [0.25, 0.3) is 0 Å². The van der Waals surface area contributed by atoms with E-state index in [0.717, 1.165) is 24.1 Å². The molecule has 1 saturated carbocycles. The maximum absolute atomic E-state index is 13.3. The summed E-state index contributed by atoms with van der Waals surface area (Å²) in [6, 6.07) is 3.81. The molecule has 3 aromatic rings. The van der Waals surface area contributed by atoms with Gasteiger partial charge in [0.2, 0.25) is 0 Å². The van der Waals surface area contributed by atoms with Gasteiger partial charge in [0.1, 0.15) is 0 Å². The molecule has 2 aromatic heterocycles. The predicted molar refractivity (Wildman–Crippen MR) is 79.5 cm³/mol. The van der Waals surface area contributed by atoms with E-state index in [9.17, 15) is 13.2 Å². The Morgan fingerprint density at radius 2 is 1.29 bits per heavy atom. The Balaban J connectivity index is 1.54. The summed E-state index contributed by atoms with van der Waals surface area (Å²) < 4.78 is 39.7. The van der Waals surface area contributed by atoms with Crippen LogP contribution < -0.4 is 0 Å². The predicted octanol–water partition coefficient (Wildman–Crippen LogP) is 3.62. The number of hydrogen-bond donors (Lipinski definition) is 0. The van der Waals surface area contributed by atoms with Crippen LogP contribution in [-0.4, -0.2) is 19.9 Å². The molecule has 2 atom stereocenters. The van der Waals surface area contributed by atoms with Crippen LogP contribution in [0.1, 0.15) is 29.4 Å². The van der Waals surface area contributed by atoms with Gasteiger partial charge in [0.15, 0.2) is 29.1 Å². The fourth-order valence-electron chi connectivity index (χ4n) is 2.78. The lowest BCUT2D eigenvalue weighted by atomic mass is 10.1. The first-order valence-corrected chi connectivity index (χ1v) is 7.37. The second-order valence-corrected chi connectivity index (χ2v) is 5.66. The van der Waals surface area contributed by atoms with Crippen molar-refractivity contribution in [2.24, 2.45) is 0 Å². The summed E-state index contributed by atoms with van der Waals surface area (Å²) >= 11 is 0. The summed E-state index contributed by atoms with van der Waals surface area (Å²) in [5.41, 5.74) is 1.32. The molecule has 2 heterocycles. The average molecular weight is 328 g/mol. The van der Waals surface area contributed by atoms with Gasteiger partial charge in [0, 0.05) is 24.8 Å². The van der Waals surface area contributed by atoms with Gasteiger partial charge in [-0.05, 0) is 47.6 Å². The largest absolute Gasteiger partial charge is 0.234 e. The molecule has 0 bridgehead atoms. The summed E-state index contributed by atoms with van der Waals surface area (Å²) in [6.07, 6.45) is 7.26. The number of halogens is 3. The van der Waals surface area contributed by atoms with E-state index in [4.69, 9.17) is 0 Å². The summed E-state index contributed by atoms with van der Waals surface area (Å²) in [6.45, 7) is 0. The minimum Gasteiger partial charge on any atom is -0.234 e. The maximum Gasteiger partial charge on any atom is 0.197 e. The van der Waals surface area contributed by atoms with E-state index in [1.54, 1.807) is 30.9 Å². The summed E-state index contributed by atoms with van der Waals surface area (Å²) in [7, 11) is 0. The van der Waals surface area contributed by atoms with Crippen LogP contribution in [0.5, 0.6) is 0 Å². The zero-order valence-corrected chi connectivity index (χ0v) is 12.3. The van der Waals surface area contributed by atoms with Crippen LogP contribution in [-0.2, 0) is 0 Å². The molecular formula is C17H11F3N4. The van der Waals surface area contributed by atoms with Crippen molar-refractivity contribution in [3.05, 3.63) is 71.6 Å². The molecule has 0 amide bonds. The highest BCUT2D eigenvalue weighted by Crippen LogP contribution is 2.54. The van der Waals surface area contributed by atoms with E-state index in [0.29, 0.717) is 17.2 Å². The van der Waals surface area contributed by atoms with Crippen molar-refractivity contribution < 1.29 is 13.2 Å². The van der Waals surface area contributed by atoms with Crippen molar-refractivity contribution in [3.63, 3.8) is 0 Å². The monoisotopic (exact) mass is 328 g/mol. The molecule has 24 heavy (non-hydrogen) atoms. The maximum atomic E-state index is 13.3. The molecule has 1 aliphatic rings. The zero-order valence-electron chi connectivity index (χ0n) is 12.3. The molecule has 0 aliphatic heterocycles. The van der Waals surface area contributed by atoms with E-state index >= 15 is 0 Å². The Morgan fingerprint density at radius 3 is 1.92 bits per heavy atom. The summed E-state index contributed by atoms with van der Waals surface area (Å²) in [4.78, 5) is 16.6. The summed E-state index contributed by atoms with van der Waals surface area (Å²) in [5.74, 6) is -2.91. The number of aromatic nitrogens is 4. The van der Waals surface area contributed by atoms with Crippen molar-refractivity contribution in [3.8, 4) is 11.6 Å². The minimum absolute atomic E-state index is 0.0583. The molecule has 4 rings (SSSR count). The van der Waals surface area contributed by atoms with Crippen molar-refractivity contribution in [1.29, 1.82) is 0 Å². The number of nitrogens with zero attached hydrogens (tertiary/aromatic N) is 4. The average Bonchev–Trinajstić information content (AvgIpc) is 3.41. The fraction of sp³-hybridized carbons (Fsp3) is 0.176. The molecule has 7 heteroatoms. The third kappa shape index (κ3) is 2.62. The van der Waals surface area contributed by atoms with Crippen LogP contribution in [0.3, 0.4) is 0 Å². The molecule has 0 saturated heterocycles. The van der Waals surface area contributed by atoms with Crippen LogP contribution >= 0.6 is 0 Å². The SMILES string of the molecule is Fc1cc(C2CC2c2cnc(-c3ncccn3)nc2)cc(F)c1F. The molecule has 1 aliphatic carbocycles. The van der Waals surface area contributed by atoms with E-state index in [2.05, 4.69) is 19.9 Å². The Kier molecular flexibility index (Phi) is 3.48. The topological polar surface area (TPSA) is 51.6 Å². The van der Waals surface area contributed by atoms with Crippen LogP contribution in [0.4, 0.5) is 13.2 Å². The van der Waals surface area contributed by atoms with Gasteiger partial charge in [-0.3, -0.25) is 0 Å². The number of hydrogen-bond acceptors (Lipinski definition) is 4. The quantitative estimate of drug-likeness (QED) is 0.689. The van der Waals surface area contributed by atoms with Crippen LogP contribution in [0, 0.1) is 17.5 Å². The lowest BCUT2D eigenvalue weighted by Crippen LogP contribution is -1.97. The molecular weight excluding hydrogens is 317 g/mol. The lowest BCUT2D eigenvalue weighted by molar-refractivity contribution is 0.445. The molecule has 1 aromatic carbocycles. The number of rotatable bonds is 3.